The Labute approximate surface area is 54.9 Å². The minimum atomic E-state index is 0.377. The van der Waals surface area contributed by atoms with E-state index in [9.17, 15) is 0 Å². The molecule has 4 nitrogen and oxygen atoms in total. The Morgan fingerprint density at radius 2 is 2.56 bits per heavy atom. The fourth-order valence-electron chi connectivity index (χ4n) is 0.474. The van der Waals surface area contributed by atoms with Gasteiger partial charge in [0.2, 0.25) is 5.89 Å². The van der Waals surface area contributed by atoms with E-state index in [4.69, 9.17) is 0 Å². The Kier molecular flexibility index (Phi) is 2.14. The van der Waals surface area contributed by atoms with Crippen LogP contribution in [0.15, 0.2) is 4.52 Å². The molecule has 1 heterocycles. The Morgan fingerprint density at radius 1 is 1.78 bits per heavy atom. The van der Waals surface area contributed by atoms with Crippen LogP contribution in [0.4, 0.5) is 0 Å². The van der Waals surface area contributed by atoms with Gasteiger partial charge in [-0.3, -0.25) is 0 Å². The third-order valence-corrected chi connectivity index (χ3v) is 0.949. The van der Waals surface area contributed by atoms with Gasteiger partial charge in [0.1, 0.15) is 6.61 Å². The maximum atomic E-state index is 4.67. The maximum Gasteiger partial charge on any atom is 0.223 e. The van der Waals surface area contributed by atoms with E-state index in [0.29, 0.717) is 18.3 Å². The van der Waals surface area contributed by atoms with Crippen molar-refractivity contribution < 1.29 is 9.05 Å². The number of hydrogen-bond donors (Lipinski definition) is 0. The number of aryl methyl sites for hydroxylation is 1. The third-order valence-electron chi connectivity index (χ3n) is 0.782. The van der Waals surface area contributed by atoms with Crippen molar-refractivity contribution in [3.8, 4) is 0 Å². The molecule has 9 heavy (non-hydrogen) atoms. The molecule has 0 bridgehead atoms. The number of hydrogen-bond acceptors (Lipinski definition) is 4. The molecule has 0 fully saturated rings. The van der Waals surface area contributed by atoms with Gasteiger partial charge in [-0.25, -0.2) is 0 Å². The molecular weight excluding hydrogens is 139 g/mol. The van der Waals surface area contributed by atoms with E-state index in [2.05, 4.69) is 28.7 Å². The van der Waals surface area contributed by atoms with Crippen molar-refractivity contribution in [2.24, 2.45) is 0 Å². The maximum absolute atomic E-state index is 4.67. The minimum absolute atomic E-state index is 0.377. The lowest BCUT2D eigenvalue weighted by Gasteiger charge is -1.84. The van der Waals surface area contributed by atoms with Crippen LogP contribution in [0.5, 0.6) is 0 Å². The smallest absolute Gasteiger partial charge is 0.223 e. The SMILES string of the molecule is Cc1nc(COP)no1. The molecule has 0 saturated heterocycles. The molecular formula is C4H7N2O2P. The Morgan fingerprint density at radius 3 is 3.00 bits per heavy atom. The Bertz CT molecular complexity index is 188. The highest BCUT2D eigenvalue weighted by Crippen LogP contribution is 1.98. The highest BCUT2D eigenvalue weighted by Gasteiger charge is 1.98. The van der Waals surface area contributed by atoms with Gasteiger partial charge in [-0.05, 0) is 0 Å². The van der Waals surface area contributed by atoms with Gasteiger partial charge < -0.3 is 9.05 Å². The Balaban J connectivity index is 2.61. The normalized spacial score (nSPS) is 10.0. The van der Waals surface area contributed by atoms with Crippen molar-refractivity contribution in [1.82, 2.24) is 10.1 Å². The van der Waals surface area contributed by atoms with E-state index in [0.717, 1.165) is 0 Å². The van der Waals surface area contributed by atoms with Gasteiger partial charge in [0.25, 0.3) is 0 Å². The van der Waals surface area contributed by atoms with Crippen molar-refractivity contribution in [2.45, 2.75) is 13.5 Å². The van der Waals surface area contributed by atoms with E-state index in [1.165, 1.54) is 0 Å². The summed E-state index contributed by atoms with van der Waals surface area (Å²) in [5.74, 6) is 1.13. The van der Waals surface area contributed by atoms with E-state index < -0.39 is 0 Å². The van der Waals surface area contributed by atoms with Gasteiger partial charge >= 0.3 is 0 Å². The van der Waals surface area contributed by atoms with E-state index in [1.54, 1.807) is 6.92 Å². The van der Waals surface area contributed by atoms with Crippen LogP contribution in [0.2, 0.25) is 0 Å². The van der Waals surface area contributed by atoms with Crippen LogP contribution in [0.1, 0.15) is 11.7 Å². The summed E-state index contributed by atoms with van der Waals surface area (Å²) in [6.45, 7) is 2.11. The predicted octanol–water partition coefficient (Wildman–Crippen LogP) is 0.685. The average Bonchev–Trinajstić information content (AvgIpc) is 2.17. The van der Waals surface area contributed by atoms with Gasteiger partial charge in [0.05, 0.1) is 0 Å². The summed E-state index contributed by atoms with van der Waals surface area (Å²) in [5.41, 5.74) is 0. The quantitative estimate of drug-likeness (QED) is 0.576. The summed E-state index contributed by atoms with van der Waals surface area (Å²) in [5, 5.41) is 3.58. The summed E-state index contributed by atoms with van der Waals surface area (Å²) in [6, 6.07) is 0. The second-order valence-corrected chi connectivity index (χ2v) is 1.87. The second-order valence-electron chi connectivity index (χ2n) is 1.54. The van der Waals surface area contributed by atoms with E-state index in [-0.39, 0.29) is 0 Å². The first-order chi connectivity index (χ1) is 4.33. The average molecular weight is 146 g/mol. The van der Waals surface area contributed by atoms with Crippen LogP contribution in [0, 0.1) is 6.92 Å². The summed E-state index contributed by atoms with van der Waals surface area (Å²) < 4.78 is 9.34. The molecule has 5 heteroatoms. The zero-order valence-corrected chi connectivity index (χ0v) is 6.15. The highest BCUT2D eigenvalue weighted by atomic mass is 31.0. The fourth-order valence-corrected chi connectivity index (χ4v) is 0.624. The van der Waals surface area contributed by atoms with Crippen LogP contribution < -0.4 is 0 Å². The molecule has 0 aliphatic rings. The predicted molar refractivity (Wildman–Crippen MR) is 33.5 cm³/mol. The molecule has 0 aliphatic heterocycles. The number of rotatable bonds is 2. The van der Waals surface area contributed by atoms with Gasteiger partial charge in [-0.15, -0.1) is 0 Å². The molecule has 1 aromatic heterocycles. The van der Waals surface area contributed by atoms with Crippen molar-refractivity contribution in [1.29, 1.82) is 0 Å². The Hall–Kier alpha value is -0.470. The summed E-state index contributed by atoms with van der Waals surface area (Å²) in [4.78, 5) is 3.88. The lowest BCUT2D eigenvalue weighted by Crippen LogP contribution is -1.85. The largest absolute Gasteiger partial charge is 0.358 e. The first kappa shape index (κ1) is 6.65. The standard InChI is InChI=1S/C4H7N2O2P/c1-3-5-4(2-7-9)6-8-3/h2,9H2,1H3. The topological polar surface area (TPSA) is 48.2 Å². The first-order valence-corrected chi connectivity index (χ1v) is 2.91. The molecule has 1 atom stereocenters. The van der Waals surface area contributed by atoms with Crippen molar-refractivity contribution in [3.63, 3.8) is 0 Å². The molecule has 0 aliphatic carbocycles. The number of nitrogens with zero attached hydrogens (tertiary/aromatic N) is 2. The van der Waals surface area contributed by atoms with Crippen LogP contribution in [-0.4, -0.2) is 10.1 Å². The molecule has 1 unspecified atom stereocenters. The van der Waals surface area contributed by atoms with Crippen molar-refractivity contribution in [2.75, 3.05) is 0 Å². The van der Waals surface area contributed by atoms with Crippen LogP contribution in [0.25, 0.3) is 0 Å². The molecule has 1 rings (SSSR count). The molecule has 1 aromatic rings. The summed E-state index contributed by atoms with van der Waals surface area (Å²) in [6.07, 6.45) is 0. The molecule has 0 N–H and O–H groups in total. The lowest BCUT2D eigenvalue weighted by molar-refractivity contribution is 0.327. The molecule has 0 radical (unpaired) electrons. The van der Waals surface area contributed by atoms with Gasteiger partial charge in [0.15, 0.2) is 5.82 Å². The zero-order valence-electron chi connectivity index (χ0n) is 5.00. The van der Waals surface area contributed by atoms with Gasteiger partial charge in [0, 0.05) is 16.4 Å². The summed E-state index contributed by atoms with van der Waals surface area (Å²) >= 11 is 0. The monoisotopic (exact) mass is 146 g/mol. The second kappa shape index (κ2) is 2.90. The minimum Gasteiger partial charge on any atom is -0.358 e. The van der Waals surface area contributed by atoms with Crippen LogP contribution in [0.3, 0.4) is 0 Å². The van der Waals surface area contributed by atoms with Crippen LogP contribution in [-0.2, 0) is 11.1 Å². The third kappa shape index (κ3) is 1.73. The molecule has 50 valence electrons. The molecule has 0 aromatic carbocycles. The molecule has 0 saturated carbocycles. The summed E-state index contributed by atoms with van der Waals surface area (Å²) in [7, 11) is 2.12. The van der Waals surface area contributed by atoms with E-state index in [1.807, 2.05) is 0 Å². The molecule has 0 amide bonds. The highest BCUT2D eigenvalue weighted by molar-refractivity contribution is 7.09. The fraction of sp³-hybridized carbons (Fsp3) is 0.500. The van der Waals surface area contributed by atoms with Crippen LogP contribution >= 0.6 is 9.47 Å². The van der Waals surface area contributed by atoms with Gasteiger partial charge in [-0.1, -0.05) is 5.16 Å². The van der Waals surface area contributed by atoms with Crippen molar-refractivity contribution >= 4 is 9.47 Å². The first-order valence-electron chi connectivity index (χ1n) is 2.44. The molecule has 0 spiro atoms. The van der Waals surface area contributed by atoms with E-state index >= 15 is 0 Å². The van der Waals surface area contributed by atoms with Crippen molar-refractivity contribution in [3.05, 3.63) is 11.7 Å². The zero-order chi connectivity index (χ0) is 6.69. The number of aromatic nitrogens is 2. The van der Waals surface area contributed by atoms with Gasteiger partial charge in [-0.2, -0.15) is 4.98 Å². The lowest BCUT2D eigenvalue weighted by atomic mass is 10.7.